The monoisotopic (exact) mass is 183 g/mol. The molecule has 1 atom stereocenters. The smallest absolute Gasteiger partial charge is 0.254 e. The second-order valence-electron chi connectivity index (χ2n) is 3.04. The first-order chi connectivity index (χ1) is 6.24. The third kappa shape index (κ3) is 1.10. The van der Waals surface area contributed by atoms with Gasteiger partial charge in [0.25, 0.3) is 5.91 Å². The lowest BCUT2D eigenvalue weighted by Gasteiger charge is -2.09. The number of nitrogens with zero attached hydrogens (tertiary/aromatic N) is 2. The molecular formula is C7H9N3O3. The molecule has 13 heavy (non-hydrogen) atoms. The highest BCUT2D eigenvalue weighted by Gasteiger charge is 2.40. The summed E-state index contributed by atoms with van der Waals surface area (Å²) in [6, 6.07) is 0. The van der Waals surface area contributed by atoms with Crippen LogP contribution in [0.3, 0.4) is 0 Å². The zero-order chi connectivity index (χ0) is 9.42. The average molecular weight is 183 g/mol. The van der Waals surface area contributed by atoms with Crippen LogP contribution in [0, 0.1) is 5.92 Å². The van der Waals surface area contributed by atoms with Crippen LogP contribution in [0.4, 0.5) is 0 Å². The zero-order valence-electron chi connectivity index (χ0n) is 6.86. The Labute approximate surface area is 74.2 Å². The molecule has 0 radical (unpaired) electrons. The van der Waals surface area contributed by atoms with Crippen LogP contribution in [0.15, 0.2) is 4.99 Å². The number of amides is 2. The second kappa shape index (κ2) is 2.81. The molecular weight excluding hydrogens is 174 g/mol. The average Bonchev–Trinajstić information content (AvgIpc) is 2.68. The van der Waals surface area contributed by atoms with E-state index in [0.29, 0.717) is 18.8 Å². The van der Waals surface area contributed by atoms with Crippen molar-refractivity contribution in [1.29, 1.82) is 0 Å². The van der Waals surface area contributed by atoms with E-state index in [1.165, 1.54) is 4.90 Å². The van der Waals surface area contributed by atoms with Crippen LogP contribution in [0.2, 0.25) is 0 Å². The fraction of sp³-hybridized carbons (Fsp3) is 0.571. The van der Waals surface area contributed by atoms with Crippen LogP contribution in [0.5, 0.6) is 0 Å². The number of amidine groups is 1. The van der Waals surface area contributed by atoms with Crippen molar-refractivity contribution in [1.82, 2.24) is 10.4 Å². The first-order valence-electron chi connectivity index (χ1n) is 4.02. The van der Waals surface area contributed by atoms with Gasteiger partial charge in [-0.15, -0.1) is 0 Å². The number of carbonyl (C=O) groups is 2. The minimum atomic E-state index is -0.490. The Hall–Kier alpha value is -1.43. The van der Waals surface area contributed by atoms with Crippen LogP contribution < -0.4 is 5.48 Å². The van der Waals surface area contributed by atoms with Crippen molar-refractivity contribution in [2.24, 2.45) is 10.9 Å². The largest absolute Gasteiger partial charge is 0.298 e. The predicted molar refractivity (Wildman–Crippen MR) is 42.1 cm³/mol. The third-order valence-corrected chi connectivity index (χ3v) is 2.33. The van der Waals surface area contributed by atoms with Gasteiger partial charge in [-0.1, -0.05) is 0 Å². The Morgan fingerprint density at radius 2 is 2.46 bits per heavy atom. The van der Waals surface area contributed by atoms with Crippen LogP contribution in [-0.4, -0.2) is 40.8 Å². The Morgan fingerprint density at radius 1 is 1.69 bits per heavy atom. The van der Waals surface area contributed by atoms with Crippen molar-refractivity contribution in [3.8, 4) is 0 Å². The quantitative estimate of drug-likeness (QED) is 0.393. The predicted octanol–water partition coefficient (Wildman–Crippen LogP) is -1.25. The number of hydrogen-bond acceptors (Lipinski definition) is 4. The van der Waals surface area contributed by atoms with Crippen molar-refractivity contribution in [3.63, 3.8) is 0 Å². The summed E-state index contributed by atoms with van der Waals surface area (Å²) in [5.74, 6) is -0.521. The van der Waals surface area contributed by atoms with E-state index < -0.39 is 11.8 Å². The standard InChI is InChI=1S/C7H9N3O3/c11-5-3-8-6-4(7(12)9-13)1-2-10(5)6/h4,13H,1-3H2,(H,9,12). The van der Waals surface area contributed by atoms with Crippen LogP contribution in [0.1, 0.15) is 6.42 Å². The van der Waals surface area contributed by atoms with Gasteiger partial charge in [0.1, 0.15) is 12.4 Å². The van der Waals surface area contributed by atoms with E-state index in [9.17, 15) is 9.59 Å². The number of rotatable bonds is 1. The van der Waals surface area contributed by atoms with Gasteiger partial charge in [0.05, 0.1) is 5.92 Å². The van der Waals surface area contributed by atoms with Gasteiger partial charge in [-0.25, -0.2) is 5.48 Å². The molecule has 0 saturated carbocycles. The highest BCUT2D eigenvalue weighted by atomic mass is 16.5. The maximum absolute atomic E-state index is 11.1. The van der Waals surface area contributed by atoms with Crippen LogP contribution in [0.25, 0.3) is 0 Å². The summed E-state index contributed by atoms with van der Waals surface area (Å²) >= 11 is 0. The molecule has 0 aliphatic carbocycles. The van der Waals surface area contributed by atoms with Gasteiger partial charge in [-0.2, -0.15) is 0 Å². The van der Waals surface area contributed by atoms with Gasteiger partial charge in [0, 0.05) is 6.54 Å². The number of carbonyl (C=O) groups excluding carboxylic acids is 2. The van der Waals surface area contributed by atoms with Crippen molar-refractivity contribution in [2.75, 3.05) is 13.1 Å². The number of aliphatic imine (C=N–C) groups is 1. The molecule has 0 aromatic carbocycles. The van der Waals surface area contributed by atoms with Gasteiger partial charge in [-0.3, -0.25) is 24.7 Å². The topological polar surface area (TPSA) is 82.0 Å². The maximum Gasteiger partial charge on any atom is 0.254 e. The normalized spacial score (nSPS) is 25.9. The molecule has 2 aliphatic rings. The molecule has 6 nitrogen and oxygen atoms in total. The Morgan fingerprint density at radius 3 is 3.15 bits per heavy atom. The molecule has 0 spiro atoms. The molecule has 0 aromatic rings. The fourth-order valence-corrected chi connectivity index (χ4v) is 1.70. The van der Waals surface area contributed by atoms with Crippen LogP contribution >= 0.6 is 0 Å². The molecule has 1 fully saturated rings. The molecule has 1 unspecified atom stereocenters. The number of hydroxylamine groups is 1. The third-order valence-electron chi connectivity index (χ3n) is 2.33. The van der Waals surface area contributed by atoms with Gasteiger partial charge in [0.15, 0.2) is 0 Å². The van der Waals surface area contributed by atoms with Crippen molar-refractivity contribution in [2.45, 2.75) is 6.42 Å². The first-order valence-corrected chi connectivity index (χ1v) is 4.02. The minimum Gasteiger partial charge on any atom is -0.298 e. The number of fused-ring (bicyclic) bond motifs is 1. The van der Waals surface area contributed by atoms with Gasteiger partial charge < -0.3 is 0 Å². The summed E-state index contributed by atoms with van der Waals surface area (Å²) < 4.78 is 0. The van der Waals surface area contributed by atoms with Gasteiger partial charge in [0.2, 0.25) is 5.91 Å². The Balaban J connectivity index is 2.19. The Kier molecular flexibility index (Phi) is 1.77. The SMILES string of the molecule is O=C(NO)C1CCN2C(=O)CN=C12. The molecule has 1 saturated heterocycles. The maximum atomic E-state index is 11.1. The summed E-state index contributed by atoms with van der Waals surface area (Å²) in [5, 5.41) is 8.42. The van der Waals surface area contributed by atoms with E-state index >= 15 is 0 Å². The molecule has 0 bridgehead atoms. The molecule has 2 heterocycles. The fourth-order valence-electron chi connectivity index (χ4n) is 1.70. The minimum absolute atomic E-state index is 0.0664. The van der Waals surface area contributed by atoms with E-state index in [4.69, 9.17) is 5.21 Å². The van der Waals surface area contributed by atoms with Gasteiger partial charge >= 0.3 is 0 Å². The first kappa shape index (κ1) is 8.18. The molecule has 70 valence electrons. The zero-order valence-corrected chi connectivity index (χ0v) is 6.86. The summed E-state index contributed by atoms with van der Waals surface area (Å²) in [6.45, 7) is 0.653. The van der Waals surface area contributed by atoms with E-state index in [2.05, 4.69) is 4.99 Å². The molecule has 2 aliphatic heterocycles. The molecule has 2 N–H and O–H groups in total. The van der Waals surface area contributed by atoms with E-state index in [1.54, 1.807) is 5.48 Å². The highest BCUT2D eigenvalue weighted by molar-refractivity contribution is 6.13. The molecule has 0 aromatic heterocycles. The second-order valence-corrected chi connectivity index (χ2v) is 3.04. The molecule has 6 heteroatoms. The van der Waals surface area contributed by atoms with Crippen molar-refractivity contribution >= 4 is 17.6 Å². The van der Waals surface area contributed by atoms with E-state index in [0.717, 1.165) is 0 Å². The number of nitrogens with one attached hydrogen (secondary N) is 1. The Bertz CT molecular complexity index is 299. The molecule has 2 rings (SSSR count). The van der Waals surface area contributed by atoms with Crippen molar-refractivity contribution < 1.29 is 14.8 Å². The van der Waals surface area contributed by atoms with Crippen LogP contribution in [-0.2, 0) is 9.59 Å². The lowest BCUT2D eigenvalue weighted by molar-refractivity contribution is -0.131. The van der Waals surface area contributed by atoms with Crippen molar-refractivity contribution in [3.05, 3.63) is 0 Å². The lowest BCUT2D eigenvalue weighted by Crippen LogP contribution is -2.34. The summed E-state index contributed by atoms with van der Waals surface area (Å²) in [4.78, 5) is 27.7. The van der Waals surface area contributed by atoms with E-state index in [-0.39, 0.29) is 12.5 Å². The highest BCUT2D eigenvalue weighted by Crippen LogP contribution is 2.23. The van der Waals surface area contributed by atoms with E-state index in [1.807, 2.05) is 0 Å². The summed E-state index contributed by atoms with van der Waals surface area (Å²) in [6.07, 6.45) is 0.539. The molecule has 2 amide bonds. The summed E-state index contributed by atoms with van der Waals surface area (Å²) in [7, 11) is 0. The number of hydrogen-bond donors (Lipinski definition) is 2. The lowest BCUT2D eigenvalue weighted by atomic mass is 10.1. The summed E-state index contributed by atoms with van der Waals surface area (Å²) in [5.41, 5.74) is 1.58. The van der Waals surface area contributed by atoms with Gasteiger partial charge in [-0.05, 0) is 6.42 Å².